The van der Waals surface area contributed by atoms with E-state index in [1.54, 1.807) is 0 Å². The molecule has 0 unspecified atom stereocenters. The molecule has 0 radical (unpaired) electrons. The van der Waals surface area contributed by atoms with Gasteiger partial charge in [0.1, 0.15) is 11.6 Å². The van der Waals surface area contributed by atoms with Crippen LogP contribution >= 0.6 is 0 Å². The maximum atomic E-state index is 13.8. The normalized spacial score (nSPS) is 10.5. The van der Waals surface area contributed by atoms with Gasteiger partial charge in [0.05, 0.1) is 11.3 Å². The summed E-state index contributed by atoms with van der Waals surface area (Å²) in [7, 11) is 0. The van der Waals surface area contributed by atoms with Crippen LogP contribution in [0, 0.1) is 29.1 Å². The molecule has 0 aliphatic carbocycles. The van der Waals surface area contributed by atoms with E-state index in [1.165, 1.54) is 0 Å². The molecular formula is C17H13F5N2O2. The van der Waals surface area contributed by atoms with Crippen molar-refractivity contribution in [3.8, 4) is 0 Å². The Morgan fingerprint density at radius 3 is 2.27 bits per heavy atom. The van der Waals surface area contributed by atoms with E-state index >= 15 is 0 Å². The van der Waals surface area contributed by atoms with Gasteiger partial charge >= 0.3 is 0 Å². The molecular weight excluding hydrogens is 359 g/mol. The van der Waals surface area contributed by atoms with Crippen LogP contribution in [0.5, 0.6) is 0 Å². The third-order valence-corrected chi connectivity index (χ3v) is 3.48. The molecule has 0 saturated heterocycles. The highest BCUT2D eigenvalue weighted by molar-refractivity contribution is 5.95. The molecule has 2 aromatic rings. The minimum absolute atomic E-state index is 0.202. The third kappa shape index (κ3) is 4.16. The van der Waals surface area contributed by atoms with E-state index in [0.29, 0.717) is 12.1 Å². The second-order valence-corrected chi connectivity index (χ2v) is 5.25. The van der Waals surface area contributed by atoms with Crippen molar-refractivity contribution in [3.05, 3.63) is 65.0 Å². The zero-order chi connectivity index (χ0) is 19.4. The van der Waals surface area contributed by atoms with Gasteiger partial charge in [0.2, 0.25) is 5.91 Å². The molecule has 9 heteroatoms. The van der Waals surface area contributed by atoms with Crippen molar-refractivity contribution in [2.45, 2.75) is 6.92 Å². The topological polar surface area (TPSA) is 49.4 Å². The second-order valence-electron chi connectivity index (χ2n) is 5.25. The highest BCUT2D eigenvalue weighted by Gasteiger charge is 2.20. The van der Waals surface area contributed by atoms with Gasteiger partial charge in [-0.15, -0.1) is 0 Å². The predicted octanol–water partition coefficient (Wildman–Crippen LogP) is 3.17. The summed E-state index contributed by atoms with van der Waals surface area (Å²) < 4.78 is 66.3. The number of carbonyl (C=O) groups is 2. The van der Waals surface area contributed by atoms with Crippen LogP contribution in [0.3, 0.4) is 0 Å². The van der Waals surface area contributed by atoms with Crippen molar-refractivity contribution in [1.82, 2.24) is 5.32 Å². The number of nitrogens with zero attached hydrogens (tertiary/aromatic N) is 1. The molecule has 1 N–H and O–H groups in total. The summed E-state index contributed by atoms with van der Waals surface area (Å²) in [6.45, 7) is 0.683. The Bertz CT molecular complexity index is 857. The Balaban J connectivity index is 2.08. The molecule has 0 aliphatic heterocycles. The van der Waals surface area contributed by atoms with Gasteiger partial charge in [0.15, 0.2) is 17.5 Å². The van der Waals surface area contributed by atoms with E-state index in [9.17, 15) is 31.5 Å². The van der Waals surface area contributed by atoms with Gasteiger partial charge < -0.3 is 10.2 Å². The lowest BCUT2D eigenvalue weighted by molar-refractivity contribution is -0.116. The molecule has 26 heavy (non-hydrogen) atoms. The van der Waals surface area contributed by atoms with Crippen LogP contribution in [0.25, 0.3) is 0 Å². The summed E-state index contributed by atoms with van der Waals surface area (Å²) in [4.78, 5) is 24.5. The summed E-state index contributed by atoms with van der Waals surface area (Å²) >= 11 is 0. The van der Waals surface area contributed by atoms with Gasteiger partial charge in [-0.05, 0) is 24.3 Å². The standard InChI is InChI=1S/C17H13F5N2O2/c1-9(25)24(14-5-2-10(18)8-13(14)20)7-6-23-17(26)11-3-4-12(19)16(22)15(11)21/h2-5,8H,6-7H2,1H3,(H,23,26). The average molecular weight is 372 g/mol. The lowest BCUT2D eigenvalue weighted by Crippen LogP contribution is -2.38. The summed E-state index contributed by atoms with van der Waals surface area (Å²) in [5, 5.41) is 2.21. The average Bonchev–Trinajstić information content (AvgIpc) is 2.57. The van der Waals surface area contributed by atoms with Crippen LogP contribution in [0.15, 0.2) is 30.3 Å². The number of anilines is 1. The SMILES string of the molecule is CC(=O)N(CCNC(=O)c1ccc(F)c(F)c1F)c1ccc(F)cc1F. The summed E-state index contributed by atoms with van der Waals surface area (Å²) in [5.74, 6) is -8.27. The van der Waals surface area contributed by atoms with Gasteiger partial charge in [-0.3, -0.25) is 9.59 Å². The molecule has 2 amide bonds. The first-order chi connectivity index (χ1) is 12.2. The third-order valence-electron chi connectivity index (χ3n) is 3.48. The first kappa shape index (κ1) is 19.4. The van der Waals surface area contributed by atoms with Crippen molar-refractivity contribution in [2.75, 3.05) is 18.0 Å². The summed E-state index contributed by atoms with van der Waals surface area (Å²) in [6.07, 6.45) is 0. The van der Waals surface area contributed by atoms with Crippen LogP contribution in [0.2, 0.25) is 0 Å². The molecule has 0 atom stereocenters. The molecule has 0 bridgehead atoms. The summed E-state index contributed by atoms with van der Waals surface area (Å²) in [5.41, 5.74) is -0.918. The summed E-state index contributed by atoms with van der Waals surface area (Å²) in [6, 6.07) is 3.99. The van der Waals surface area contributed by atoms with Crippen molar-refractivity contribution in [2.24, 2.45) is 0 Å². The van der Waals surface area contributed by atoms with Crippen molar-refractivity contribution < 1.29 is 31.5 Å². The van der Waals surface area contributed by atoms with Crippen molar-refractivity contribution in [1.29, 1.82) is 0 Å². The molecule has 0 aliphatic rings. The predicted molar refractivity (Wildman–Crippen MR) is 83.0 cm³/mol. The van der Waals surface area contributed by atoms with E-state index in [-0.39, 0.29) is 18.8 Å². The molecule has 2 aromatic carbocycles. The van der Waals surface area contributed by atoms with Crippen LogP contribution in [-0.2, 0) is 4.79 Å². The fourth-order valence-corrected chi connectivity index (χ4v) is 2.23. The fourth-order valence-electron chi connectivity index (χ4n) is 2.23. The van der Waals surface area contributed by atoms with E-state index in [2.05, 4.69) is 5.32 Å². The number of nitrogens with one attached hydrogen (secondary N) is 1. The minimum Gasteiger partial charge on any atom is -0.350 e. The van der Waals surface area contributed by atoms with Crippen LogP contribution < -0.4 is 10.2 Å². The fraction of sp³-hybridized carbons (Fsp3) is 0.176. The molecule has 4 nitrogen and oxygen atoms in total. The van der Waals surface area contributed by atoms with E-state index < -0.39 is 46.5 Å². The molecule has 0 fully saturated rings. The van der Waals surface area contributed by atoms with Gasteiger partial charge in [0, 0.05) is 26.1 Å². The minimum atomic E-state index is -1.78. The van der Waals surface area contributed by atoms with Gasteiger partial charge in [-0.25, -0.2) is 22.0 Å². The first-order valence-electron chi connectivity index (χ1n) is 7.37. The number of benzene rings is 2. The van der Waals surface area contributed by atoms with E-state index in [1.807, 2.05) is 0 Å². The number of rotatable bonds is 5. The molecule has 0 spiro atoms. The highest BCUT2D eigenvalue weighted by Crippen LogP contribution is 2.20. The Morgan fingerprint density at radius 1 is 0.962 bits per heavy atom. The highest BCUT2D eigenvalue weighted by atomic mass is 19.2. The van der Waals surface area contributed by atoms with Crippen LogP contribution in [-0.4, -0.2) is 24.9 Å². The largest absolute Gasteiger partial charge is 0.350 e. The second kappa shape index (κ2) is 7.94. The monoisotopic (exact) mass is 372 g/mol. The molecule has 0 aromatic heterocycles. The quantitative estimate of drug-likeness (QED) is 0.648. The van der Waals surface area contributed by atoms with E-state index in [4.69, 9.17) is 0 Å². The smallest absolute Gasteiger partial charge is 0.254 e. The number of hydrogen-bond acceptors (Lipinski definition) is 2. The Labute approximate surface area is 145 Å². The maximum Gasteiger partial charge on any atom is 0.254 e. The lowest BCUT2D eigenvalue weighted by Gasteiger charge is -2.22. The van der Waals surface area contributed by atoms with Crippen molar-refractivity contribution in [3.63, 3.8) is 0 Å². The van der Waals surface area contributed by atoms with Crippen LogP contribution in [0.4, 0.5) is 27.6 Å². The first-order valence-corrected chi connectivity index (χ1v) is 7.37. The van der Waals surface area contributed by atoms with Gasteiger partial charge in [-0.2, -0.15) is 0 Å². The Morgan fingerprint density at radius 2 is 1.65 bits per heavy atom. The lowest BCUT2D eigenvalue weighted by atomic mass is 10.2. The molecule has 2 rings (SSSR count). The molecule has 0 saturated carbocycles. The van der Waals surface area contributed by atoms with Crippen molar-refractivity contribution >= 4 is 17.5 Å². The van der Waals surface area contributed by atoms with E-state index in [0.717, 1.165) is 30.0 Å². The molecule has 0 heterocycles. The maximum absolute atomic E-state index is 13.8. The van der Waals surface area contributed by atoms with Gasteiger partial charge in [-0.1, -0.05) is 0 Å². The number of halogens is 5. The zero-order valence-corrected chi connectivity index (χ0v) is 13.5. The molecule has 138 valence electrons. The Kier molecular flexibility index (Phi) is 5.91. The number of hydrogen-bond donors (Lipinski definition) is 1. The number of amides is 2. The van der Waals surface area contributed by atoms with Crippen LogP contribution in [0.1, 0.15) is 17.3 Å². The number of carbonyl (C=O) groups excluding carboxylic acids is 2. The van der Waals surface area contributed by atoms with Gasteiger partial charge in [0.25, 0.3) is 5.91 Å². The zero-order valence-electron chi connectivity index (χ0n) is 13.5. The Hall–Kier alpha value is -2.97.